The zero-order valence-corrected chi connectivity index (χ0v) is 32.6. The van der Waals surface area contributed by atoms with Crippen molar-refractivity contribution in [3.63, 3.8) is 0 Å². The van der Waals surface area contributed by atoms with E-state index in [0.717, 1.165) is 24.3 Å². The van der Waals surface area contributed by atoms with Gasteiger partial charge in [0.15, 0.2) is 42.2 Å². The van der Waals surface area contributed by atoms with Crippen LogP contribution >= 0.6 is 0 Å². The lowest BCUT2D eigenvalue weighted by atomic mass is 9.97. The summed E-state index contributed by atoms with van der Waals surface area (Å²) in [6.07, 6.45) is -31.8. The highest BCUT2D eigenvalue weighted by Crippen LogP contribution is 2.39. The molecule has 0 aliphatic carbocycles. The number of fused-ring (bicyclic) bond motifs is 1. The van der Waals surface area contributed by atoms with Crippen molar-refractivity contribution in [1.29, 1.82) is 0 Å². The number of hydrogen-bond donors (Lipinski definition) is 14. The fourth-order valence-corrected chi connectivity index (χ4v) is 7.42. The summed E-state index contributed by atoms with van der Waals surface area (Å²) in [5.74, 6) is -3.75. The molecule has 1 aromatic heterocycles. The maximum absolute atomic E-state index is 13.2. The van der Waals surface area contributed by atoms with Crippen LogP contribution in [-0.4, -0.2) is 201 Å². The van der Waals surface area contributed by atoms with Crippen LogP contribution in [0.15, 0.2) is 39.5 Å². The standard InChI is InChI=1S/C38H48O24/c1-10-21(43)26(48)31(53)36(56-10)62-33-27(49)22(44)11(2)57-37(33)55-9-19-24(46)28(50)34(61-35-30(52)23(45)17(42)8-54-35)38(60-19)58-13-6-16(41)20-18(7-13)59-32(29(51)25(20)47)12-3-4-14(39)15(40)5-12/h3-7,10-11,17,19,21-24,26-28,30-31,33-46,48-53H,8-9H2,1-2H3. The molecule has 0 amide bonds. The second-order valence-electron chi connectivity index (χ2n) is 15.4. The Bertz CT molecular complexity index is 2100. The number of rotatable bonds is 10. The molecule has 4 aliphatic heterocycles. The Morgan fingerprint density at radius 1 is 0.613 bits per heavy atom. The lowest BCUT2D eigenvalue weighted by Gasteiger charge is -2.47. The molecule has 3 aromatic rings. The molecule has 4 aliphatic rings. The van der Waals surface area contributed by atoms with Gasteiger partial charge in [0, 0.05) is 17.7 Å². The summed E-state index contributed by atoms with van der Waals surface area (Å²) in [5, 5.41) is 147. The van der Waals surface area contributed by atoms with Crippen molar-refractivity contribution < 1.29 is 114 Å². The summed E-state index contributed by atoms with van der Waals surface area (Å²) in [7, 11) is 0. The van der Waals surface area contributed by atoms with Crippen LogP contribution in [0.5, 0.6) is 28.7 Å². The Morgan fingerprint density at radius 3 is 1.92 bits per heavy atom. The van der Waals surface area contributed by atoms with Crippen molar-refractivity contribution in [3.05, 3.63) is 40.6 Å². The Kier molecular flexibility index (Phi) is 13.5. The zero-order valence-electron chi connectivity index (χ0n) is 32.6. The number of phenols is 3. The molecule has 4 fully saturated rings. The quantitative estimate of drug-likeness (QED) is 0.0855. The number of benzene rings is 2. The lowest BCUT2D eigenvalue weighted by Crippen LogP contribution is -2.65. The van der Waals surface area contributed by atoms with E-state index >= 15 is 0 Å². The van der Waals surface area contributed by atoms with Crippen LogP contribution in [0.4, 0.5) is 0 Å². The number of aliphatic hydroxyl groups excluding tert-OH is 10. The van der Waals surface area contributed by atoms with Gasteiger partial charge in [-0.25, -0.2) is 0 Å². The lowest BCUT2D eigenvalue weighted by molar-refractivity contribution is -0.371. The average molecular weight is 889 g/mol. The molecular formula is C38H48O24. The molecule has 7 rings (SSSR count). The summed E-state index contributed by atoms with van der Waals surface area (Å²) in [4.78, 5) is 13.2. The summed E-state index contributed by atoms with van der Waals surface area (Å²) < 4.78 is 51.6. The molecule has 4 saturated heterocycles. The molecule has 0 radical (unpaired) electrons. The minimum atomic E-state index is -2.02. The predicted octanol–water partition coefficient (Wildman–Crippen LogP) is -4.37. The normalized spacial score (nSPS) is 40.4. The monoisotopic (exact) mass is 888 g/mol. The molecule has 5 heterocycles. The van der Waals surface area contributed by atoms with Gasteiger partial charge in [0.25, 0.3) is 0 Å². The zero-order chi connectivity index (χ0) is 45.1. The Morgan fingerprint density at radius 2 is 1.23 bits per heavy atom. The van der Waals surface area contributed by atoms with Gasteiger partial charge >= 0.3 is 0 Å². The smallest absolute Gasteiger partial charge is 0.238 e. The van der Waals surface area contributed by atoms with Crippen LogP contribution < -0.4 is 10.2 Å². The van der Waals surface area contributed by atoms with E-state index in [1.165, 1.54) is 19.9 Å². The average Bonchev–Trinajstić information content (AvgIpc) is 3.23. The summed E-state index contributed by atoms with van der Waals surface area (Å²) in [6, 6.07) is 5.21. The third kappa shape index (κ3) is 8.76. The number of hydrogen-bond acceptors (Lipinski definition) is 24. The number of aromatic hydroxyl groups is 4. The maximum atomic E-state index is 13.2. The number of ether oxygens (including phenoxy) is 8. The molecule has 24 heteroatoms. The first-order chi connectivity index (χ1) is 29.3. The molecule has 2 aromatic carbocycles. The molecule has 344 valence electrons. The van der Waals surface area contributed by atoms with Crippen molar-refractivity contribution >= 4 is 11.0 Å². The van der Waals surface area contributed by atoms with Crippen LogP contribution in [0.2, 0.25) is 0 Å². The van der Waals surface area contributed by atoms with Gasteiger partial charge in [0.2, 0.25) is 17.5 Å². The highest BCUT2D eigenvalue weighted by molar-refractivity contribution is 5.88. The van der Waals surface area contributed by atoms with E-state index in [1.807, 2.05) is 0 Å². The first-order valence-corrected chi connectivity index (χ1v) is 19.3. The van der Waals surface area contributed by atoms with Crippen molar-refractivity contribution in [2.24, 2.45) is 0 Å². The highest BCUT2D eigenvalue weighted by Gasteiger charge is 2.53. The fourth-order valence-electron chi connectivity index (χ4n) is 7.42. The van der Waals surface area contributed by atoms with Crippen LogP contribution in [0, 0.1) is 0 Å². The summed E-state index contributed by atoms with van der Waals surface area (Å²) in [5.41, 5.74) is -1.58. The SMILES string of the molecule is CC1OC(OC2C(OCC3OC(Oc4cc(O)c5c(=O)c(O)c(-c6ccc(O)c(O)c6)oc5c4)C(OC4OCC(O)C(O)C4O)C(O)C3O)OC(C)C(O)C2O)C(O)C(O)C1O. The largest absolute Gasteiger partial charge is 0.507 e. The minimum absolute atomic E-state index is 0.0654. The first kappa shape index (κ1) is 46.0. The van der Waals surface area contributed by atoms with Gasteiger partial charge in [-0.1, -0.05) is 0 Å². The van der Waals surface area contributed by atoms with Crippen LogP contribution in [0.1, 0.15) is 13.8 Å². The second-order valence-corrected chi connectivity index (χ2v) is 15.4. The third-order valence-electron chi connectivity index (χ3n) is 11.1. The van der Waals surface area contributed by atoms with Crippen LogP contribution in [0.3, 0.4) is 0 Å². The molecule has 24 nitrogen and oxygen atoms in total. The number of phenolic OH excluding ortho intramolecular Hbond substituents is 3. The summed E-state index contributed by atoms with van der Waals surface area (Å²) >= 11 is 0. The van der Waals surface area contributed by atoms with E-state index in [2.05, 4.69) is 0 Å². The predicted molar refractivity (Wildman–Crippen MR) is 198 cm³/mol. The van der Waals surface area contributed by atoms with Crippen molar-refractivity contribution in [3.8, 4) is 40.1 Å². The Labute approximate surface area is 349 Å². The molecule has 0 spiro atoms. The van der Waals surface area contributed by atoms with Gasteiger partial charge < -0.3 is 114 Å². The van der Waals surface area contributed by atoms with E-state index in [4.69, 9.17) is 42.3 Å². The summed E-state index contributed by atoms with van der Waals surface area (Å²) in [6.45, 7) is 1.50. The van der Waals surface area contributed by atoms with E-state index in [0.29, 0.717) is 0 Å². The van der Waals surface area contributed by atoms with Crippen LogP contribution in [0.25, 0.3) is 22.3 Å². The molecule has 14 N–H and O–H groups in total. The van der Waals surface area contributed by atoms with Gasteiger partial charge in [0.1, 0.15) is 95.7 Å². The van der Waals surface area contributed by atoms with Gasteiger partial charge in [-0.3, -0.25) is 4.79 Å². The highest BCUT2D eigenvalue weighted by atomic mass is 16.8. The van der Waals surface area contributed by atoms with E-state index in [-0.39, 0.29) is 11.3 Å². The fraction of sp³-hybridized carbons (Fsp3) is 0.605. The van der Waals surface area contributed by atoms with Crippen molar-refractivity contribution in [2.45, 2.75) is 131 Å². The Hall–Kier alpha value is -4.03. The molecule has 62 heavy (non-hydrogen) atoms. The molecule has 19 unspecified atom stereocenters. The number of aliphatic hydroxyl groups is 10. The van der Waals surface area contributed by atoms with Gasteiger partial charge in [-0.2, -0.15) is 0 Å². The van der Waals surface area contributed by atoms with E-state index in [9.17, 15) is 76.3 Å². The second kappa shape index (κ2) is 18.2. The van der Waals surface area contributed by atoms with Gasteiger partial charge in [-0.15, -0.1) is 0 Å². The van der Waals surface area contributed by atoms with Gasteiger partial charge in [-0.05, 0) is 32.0 Å². The third-order valence-corrected chi connectivity index (χ3v) is 11.1. The molecule has 0 saturated carbocycles. The minimum Gasteiger partial charge on any atom is -0.507 e. The van der Waals surface area contributed by atoms with Crippen molar-refractivity contribution in [1.82, 2.24) is 0 Å². The molecule has 0 bridgehead atoms. The first-order valence-electron chi connectivity index (χ1n) is 19.3. The topological polar surface area (TPSA) is 387 Å². The maximum Gasteiger partial charge on any atom is 0.238 e. The molecular weight excluding hydrogens is 840 g/mol. The van der Waals surface area contributed by atoms with Gasteiger partial charge in [0.05, 0.1) is 25.4 Å². The van der Waals surface area contributed by atoms with E-state index < -0.39 is 175 Å². The molecule has 19 atom stereocenters. The van der Waals surface area contributed by atoms with E-state index in [1.54, 1.807) is 0 Å². The Balaban J connectivity index is 1.17. The van der Waals surface area contributed by atoms with Crippen LogP contribution in [-0.2, 0) is 33.2 Å². The van der Waals surface area contributed by atoms with Crippen molar-refractivity contribution in [2.75, 3.05) is 13.2 Å².